The summed E-state index contributed by atoms with van der Waals surface area (Å²) >= 11 is 6.92. The highest BCUT2D eigenvalue weighted by atomic mass is 79.9. The molecule has 5 nitrogen and oxygen atoms in total. The molecule has 0 bridgehead atoms. The van der Waals surface area contributed by atoms with Gasteiger partial charge in [0, 0.05) is 47.9 Å². The van der Waals surface area contributed by atoms with E-state index in [0.29, 0.717) is 19.6 Å². The summed E-state index contributed by atoms with van der Waals surface area (Å²) in [5, 5.41) is 6.17. The number of carbonyl (C=O) groups excluding carboxylic acids is 1. The molecule has 0 saturated carbocycles. The molecule has 0 radical (unpaired) electrons. The lowest BCUT2D eigenvalue weighted by atomic mass is 10.1. The Morgan fingerprint density at radius 2 is 2.40 bits per heavy atom. The van der Waals surface area contributed by atoms with Crippen LogP contribution in [0.15, 0.2) is 21.2 Å². The summed E-state index contributed by atoms with van der Waals surface area (Å²) in [6.45, 7) is 5.67. The zero-order valence-electron chi connectivity index (χ0n) is 11.3. The van der Waals surface area contributed by atoms with Crippen LogP contribution in [0.3, 0.4) is 0 Å². The van der Waals surface area contributed by atoms with E-state index in [0.717, 1.165) is 27.7 Å². The van der Waals surface area contributed by atoms with E-state index in [1.165, 1.54) is 0 Å². The molecule has 2 N–H and O–H groups in total. The molecule has 1 aromatic heterocycles. The SMILES string of the molecule is CCNC(=O)C1CNCCN1Cc1ncc(Br)cc1Br. The molecule has 1 fully saturated rings. The number of piperazine rings is 1. The topological polar surface area (TPSA) is 57.3 Å². The smallest absolute Gasteiger partial charge is 0.238 e. The predicted octanol–water partition coefficient (Wildman–Crippen LogP) is 1.52. The summed E-state index contributed by atoms with van der Waals surface area (Å²) < 4.78 is 1.90. The van der Waals surface area contributed by atoms with E-state index in [-0.39, 0.29) is 11.9 Å². The Hall–Kier alpha value is -0.500. The lowest BCUT2D eigenvalue weighted by Crippen LogP contribution is -2.57. The Kier molecular flexibility index (Phi) is 5.95. The summed E-state index contributed by atoms with van der Waals surface area (Å²) in [6, 6.07) is 1.84. The average molecular weight is 406 g/mol. The fraction of sp³-hybridized carbons (Fsp3) is 0.538. The Balaban J connectivity index is 2.10. The third-order valence-corrected chi connectivity index (χ3v) is 4.37. The summed E-state index contributed by atoms with van der Waals surface area (Å²) in [5.74, 6) is 0.0768. The molecule has 1 aromatic rings. The first-order valence-corrected chi connectivity index (χ1v) is 8.22. The molecule has 1 amide bonds. The van der Waals surface area contributed by atoms with Crippen molar-refractivity contribution < 1.29 is 4.79 Å². The molecule has 1 aliphatic rings. The van der Waals surface area contributed by atoms with Crippen LogP contribution in [0, 0.1) is 0 Å². The number of amides is 1. The minimum atomic E-state index is -0.138. The second-order valence-corrected chi connectivity index (χ2v) is 6.44. The van der Waals surface area contributed by atoms with Crippen molar-refractivity contribution in [3.05, 3.63) is 26.9 Å². The molecule has 1 unspecified atom stereocenters. The van der Waals surface area contributed by atoms with Gasteiger partial charge in [-0.05, 0) is 44.8 Å². The minimum absolute atomic E-state index is 0.0768. The van der Waals surface area contributed by atoms with Crippen LogP contribution in [0.1, 0.15) is 12.6 Å². The van der Waals surface area contributed by atoms with Crippen LogP contribution in [-0.4, -0.2) is 48.0 Å². The first-order valence-electron chi connectivity index (χ1n) is 6.64. The summed E-state index contributed by atoms with van der Waals surface area (Å²) in [7, 11) is 0. The van der Waals surface area contributed by atoms with Gasteiger partial charge in [0.1, 0.15) is 6.04 Å². The second-order valence-electron chi connectivity index (χ2n) is 4.67. The van der Waals surface area contributed by atoms with E-state index in [1.807, 2.05) is 13.0 Å². The van der Waals surface area contributed by atoms with Gasteiger partial charge in [0.25, 0.3) is 0 Å². The molecule has 1 atom stereocenters. The van der Waals surface area contributed by atoms with E-state index in [2.05, 4.69) is 52.4 Å². The van der Waals surface area contributed by atoms with E-state index in [4.69, 9.17) is 0 Å². The van der Waals surface area contributed by atoms with Gasteiger partial charge in [-0.25, -0.2) is 0 Å². The van der Waals surface area contributed by atoms with E-state index >= 15 is 0 Å². The molecule has 7 heteroatoms. The molecule has 2 heterocycles. The van der Waals surface area contributed by atoms with Crippen molar-refractivity contribution in [2.75, 3.05) is 26.2 Å². The Morgan fingerprint density at radius 1 is 1.60 bits per heavy atom. The predicted molar refractivity (Wildman–Crippen MR) is 85.4 cm³/mol. The molecule has 1 saturated heterocycles. The first-order chi connectivity index (χ1) is 9.61. The molecule has 1 aliphatic heterocycles. The van der Waals surface area contributed by atoms with Gasteiger partial charge in [0.2, 0.25) is 5.91 Å². The van der Waals surface area contributed by atoms with Crippen LogP contribution < -0.4 is 10.6 Å². The number of hydrogen-bond donors (Lipinski definition) is 2. The van der Waals surface area contributed by atoms with Gasteiger partial charge in [-0.2, -0.15) is 0 Å². The maximum Gasteiger partial charge on any atom is 0.238 e. The summed E-state index contributed by atoms with van der Waals surface area (Å²) in [6.07, 6.45) is 1.78. The number of halogens is 2. The number of pyridine rings is 1. The van der Waals surface area contributed by atoms with Gasteiger partial charge in [-0.3, -0.25) is 14.7 Å². The number of hydrogen-bond acceptors (Lipinski definition) is 4. The lowest BCUT2D eigenvalue weighted by Gasteiger charge is -2.35. The van der Waals surface area contributed by atoms with E-state index in [1.54, 1.807) is 6.20 Å². The number of aromatic nitrogens is 1. The second kappa shape index (κ2) is 7.49. The molecular weight excluding hydrogens is 388 g/mol. The van der Waals surface area contributed by atoms with Crippen LogP contribution in [0.5, 0.6) is 0 Å². The van der Waals surface area contributed by atoms with Gasteiger partial charge in [-0.1, -0.05) is 0 Å². The van der Waals surface area contributed by atoms with Crippen LogP contribution in [0.4, 0.5) is 0 Å². The first kappa shape index (κ1) is 15.9. The molecule has 110 valence electrons. The van der Waals surface area contributed by atoms with Crippen LogP contribution in [0.2, 0.25) is 0 Å². The highest BCUT2D eigenvalue weighted by Gasteiger charge is 2.28. The summed E-state index contributed by atoms with van der Waals surface area (Å²) in [4.78, 5) is 18.7. The van der Waals surface area contributed by atoms with E-state index < -0.39 is 0 Å². The Labute approximate surface area is 135 Å². The Morgan fingerprint density at radius 3 is 3.10 bits per heavy atom. The quantitative estimate of drug-likeness (QED) is 0.797. The molecular formula is C13H18Br2N4O. The van der Waals surface area contributed by atoms with Crippen LogP contribution >= 0.6 is 31.9 Å². The molecule has 20 heavy (non-hydrogen) atoms. The van der Waals surface area contributed by atoms with Crippen molar-refractivity contribution >= 4 is 37.8 Å². The van der Waals surface area contributed by atoms with Crippen molar-refractivity contribution in [2.24, 2.45) is 0 Å². The highest BCUT2D eigenvalue weighted by Crippen LogP contribution is 2.21. The van der Waals surface area contributed by atoms with Gasteiger partial charge >= 0.3 is 0 Å². The van der Waals surface area contributed by atoms with Gasteiger partial charge < -0.3 is 10.6 Å². The van der Waals surface area contributed by atoms with Crippen molar-refractivity contribution in [3.63, 3.8) is 0 Å². The molecule has 0 aromatic carbocycles. The molecule has 2 rings (SSSR count). The van der Waals surface area contributed by atoms with Gasteiger partial charge in [0.05, 0.1) is 5.69 Å². The highest BCUT2D eigenvalue weighted by molar-refractivity contribution is 9.11. The average Bonchev–Trinajstić information content (AvgIpc) is 2.43. The third kappa shape index (κ3) is 4.00. The van der Waals surface area contributed by atoms with Crippen LogP contribution in [-0.2, 0) is 11.3 Å². The zero-order chi connectivity index (χ0) is 14.5. The minimum Gasteiger partial charge on any atom is -0.355 e. The van der Waals surface area contributed by atoms with E-state index in [9.17, 15) is 4.79 Å². The maximum absolute atomic E-state index is 12.1. The monoisotopic (exact) mass is 404 g/mol. The van der Waals surface area contributed by atoms with Gasteiger partial charge in [0.15, 0.2) is 0 Å². The fourth-order valence-electron chi connectivity index (χ4n) is 2.24. The molecule has 0 spiro atoms. The zero-order valence-corrected chi connectivity index (χ0v) is 14.5. The normalized spacial score (nSPS) is 19.9. The van der Waals surface area contributed by atoms with Crippen molar-refractivity contribution in [3.8, 4) is 0 Å². The van der Waals surface area contributed by atoms with Crippen molar-refractivity contribution in [2.45, 2.75) is 19.5 Å². The number of likely N-dealkylation sites (N-methyl/N-ethyl adjacent to an activating group) is 1. The fourth-order valence-corrected chi connectivity index (χ4v) is 3.35. The standard InChI is InChI=1S/C13H18Br2N4O/c1-2-17-13(20)12-7-16-3-4-19(12)8-11-10(15)5-9(14)6-18-11/h5-6,12,16H,2-4,7-8H2,1H3,(H,17,20). The third-order valence-electron chi connectivity index (χ3n) is 3.24. The molecule has 0 aliphatic carbocycles. The van der Waals surface area contributed by atoms with Crippen molar-refractivity contribution in [1.82, 2.24) is 20.5 Å². The summed E-state index contributed by atoms with van der Waals surface area (Å²) in [5.41, 5.74) is 0.949. The number of rotatable bonds is 4. The lowest BCUT2D eigenvalue weighted by molar-refractivity contribution is -0.127. The van der Waals surface area contributed by atoms with Crippen LogP contribution in [0.25, 0.3) is 0 Å². The number of nitrogens with zero attached hydrogens (tertiary/aromatic N) is 2. The van der Waals surface area contributed by atoms with Crippen molar-refractivity contribution in [1.29, 1.82) is 0 Å². The Bertz CT molecular complexity index is 483. The maximum atomic E-state index is 12.1. The van der Waals surface area contributed by atoms with Gasteiger partial charge in [-0.15, -0.1) is 0 Å². The number of nitrogens with one attached hydrogen (secondary N) is 2. The number of carbonyl (C=O) groups is 1. The largest absolute Gasteiger partial charge is 0.355 e.